The molecule has 0 saturated carbocycles. The van der Waals surface area contributed by atoms with Crippen LogP contribution in [0.5, 0.6) is 5.75 Å². The fourth-order valence-corrected chi connectivity index (χ4v) is 5.23. The van der Waals surface area contributed by atoms with Gasteiger partial charge >= 0.3 is 0 Å². The highest BCUT2D eigenvalue weighted by Crippen LogP contribution is 2.40. The molecule has 0 heterocycles. The van der Waals surface area contributed by atoms with Crippen LogP contribution in [0.1, 0.15) is 6.92 Å². The number of azo groups is 1. The third-order valence-corrected chi connectivity index (χ3v) is 7.18. The van der Waals surface area contributed by atoms with E-state index in [-0.39, 0.29) is 27.0 Å². The summed E-state index contributed by atoms with van der Waals surface area (Å²) in [5, 5.41) is 24.9. The van der Waals surface area contributed by atoms with Gasteiger partial charge in [0.25, 0.3) is 20.2 Å². The third kappa shape index (κ3) is 6.74. The number of nitrogens with one attached hydrogen (secondary N) is 2. The minimum absolute atomic E-state index is 0.0218. The van der Waals surface area contributed by atoms with Gasteiger partial charge in [0.15, 0.2) is 0 Å². The van der Waals surface area contributed by atoms with Gasteiger partial charge in [-0.3, -0.25) is 13.9 Å². The van der Waals surface area contributed by atoms with Crippen LogP contribution >= 0.6 is 12.0 Å². The number of amides is 1. The molecule has 3 rings (SSSR count). The zero-order chi connectivity index (χ0) is 28.3. The molecule has 0 fully saturated rings. The van der Waals surface area contributed by atoms with Gasteiger partial charge in [0.05, 0.1) is 30.5 Å². The molecule has 204 valence electrons. The summed E-state index contributed by atoms with van der Waals surface area (Å²) in [6.45, 7) is 1.26. The van der Waals surface area contributed by atoms with Gasteiger partial charge in [-0.05, 0) is 35.7 Å². The quantitative estimate of drug-likeness (QED) is 0.0737. The third-order valence-electron chi connectivity index (χ3n) is 4.85. The molecule has 5 N–H and O–H groups in total. The fraction of sp³-hybridized carbons (Fsp3) is 0.150. The monoisotopic (exact) mass is 588 g/mol. The second-order valence-electron chi connectivity index (χ2n) is 7.34. The Hall–Kier alpha value is -3.36. The summed E-state index contributed by atoms with van der Waals surface area (Å²) < 4.78 is 77.6. The minimum atomic E-state index is -4.93. The summed E-state index contributed by atoms with van der Waals surface area (Å²) in [5.41, 5.74) is 0.194. The van der Waals surface area contributed by atoms with Gasteiger partial charge in [0.2, 0.25) is 5.91 Å². The Morgan fingerprint density at radius 1 is 0.921 bits per heavy atom. The Kier molecular flexibility index (Phi) is 8.90. The zero-order valence-corrected chi connectivity index (χ0v) is 22.1. The molecular formula is C20H20N4O11S3. The molecule has 38 heavy (non-hydrogen) atoms. The molecule has 3 aromatic rings. The van der Waals surface area contributed by atoms with Crippen LogP contribution in [0, 0.1) is 0 Å². The fourth-order valence-electron chi connectivity index (χ4n) is 3.33. The van der Waals surface area contributed by atoms with Crippen molar-refractivity contribution in [2.45, 2.75) is 21.6 Å². The molecule has 0 unspecified atom stereocenters. The number of hydrogen-bond acceptors (Lipinski definition) is 13. The first kappa shape index (κ1) is 29.2. The lowest BCUT2D eigenvalue weighted by Crippen LogP contribution is -2.07. The number of methoxy groups -OCH3 is 1. The Morgan fingerprint density at radius 3 is 2.13 bits per heavy atom. The lowest BCUT2D eigenvalue weighted by atomic mass is 10.1. The number of benzene rings is 3. The standard InChI is InChI=1S/C20H20N4O11S3/c1-10(25)22-14-8-16(21-2)18(33-3)9-15(14)23-24-17-7-13-11(5-20(17)38(30,31)32)4-12(36-35-34-26)6-19(13)37(27,28)29/h4-9,21,26H,1-3H3,(H,22,25)(H,27,28,29)(H,30,31,32). The summed E-state index contributed by atoms with van der Waals surface area (Å²) in [6, 6.07) is 6.96. The van der Waals surface area contributed by atoms with Crippen molar-refractivity contribution in [2.75, 3.05) is 24.8 Å². The van der Waals surface area contributed by atoms with E-state index in [4.69, 9.17) is 9.99 Å². The van der Waals surface area contributed by atoms with Gasteiger partial charge in [0, 0.05) is 30.3 Å². The summed E-state index contributed by atoms with van der Waals surface area (Å²) >= 11 is 0.350. The summed E-state index contributed by atoms with van der Waals surface area (Å²) in [5.74, 6) is -0.142. The highest BCUT2D eigenvalue weighted by atomic mass is 32.2. The van der Waals surface area contributed by atoms with Crippen molar-refractivity contribution in [1.82, 2.24) is 0 Å². The van der Waals surface area contributed by atoms with Crippen molar-refractivity contribution in [3.63, 3.8) is 0 Å². The van der Waals surface area contributed by atoms with Crippen LogP contribution in [0.4, 0.5) is 22.7 Å². The van der Waals surface area contributed by atoms with Crippen molar-refractivity contribution in [3.8, 4) is 5.75 Å². The first-order valence-corrected chi connectivity index (χ1v) is 13.7. The minimum Gasteiger partial charge on any atom is -0.495 e. The Labute approximate surface area is 220 Å². The summed E-state index contributed by atoms with van der Waals surface area (Å²) in [7, 11) is -6.81. The maximum absolute atomic E-state index is 12.2. The van der Waals surface area contributed by atoms with Gasteiger partial charge in [-0.15, -0.1) is 14.6 Å². The first-order valence-electron chi connectivity index (χ1n) is 10.1. The average Bonchev–Trinajstić information content (AvgIpc) is 2.83. The number of carbonyl (C=O) groups excluding carboxylic acids is 1. The van der Waals surface area contributed by atoms with Gasteiger partial charge in [-0.2, -0.15) is 16.8 Å². The lowest BCUT2D eigenvalue weighted by Gasteiger charge is -2.13. The smallest absolute Gasteiger partial charge is 0.296 e. The van der Waals surface area contributed by atoms with Crippen LogP contribution in [0.3, 0.4) is 0 Å². The molecule has 0 radical (unpaired) electrons. The van der Waals surface area contributed by atoms with Crippen molar-refractivity contribution in [1.29, 1.82) is 0 Å². The number of anilines is 2. The molecule has 0 aliphatic carbocycles. The molecule has 0 aliphatic rings. The lowest BCUT2D eigenvalue weighted by molar-refractivity contribution is -0.432. The predicted molar refractivity (Wildman–Crippen MR) is 135 cm³/mol. The maximum Gasteiger partial charge on any atom is 0.296 e. The molecule has 0 aromatic heterocycles. The van der Waals surface area contributed by atoms with E-state index in [0.717, 1.165) is 18.2 Å². The van der Waals surface area contributed by atoms with E-state index < -0.39 is 41.6 Å². The van der Waals surface area contributed by atoms with E-state index >= 15 is 0 Å². The number of hydrogen-bond donors (Lipinski definition) is 5. The number of rotatable bonds is 10. The first-order chi connectivity index (χ1) is 17.8. The van der Waals surface area contributed by atoms with Crippen molar-refractivity contribution >= 4 is 71.7 Å². The Bertz CT molecular complexity index is 1640. The number of fused-ring (bicyclic) bond motifs is 1. The van der Waals surface area contributed by atoms with Gasteiger partial charge < -0.3 is 15.4 Å². The molecular weight excluding hydrogens is 568 g/mol. The second-order valence-corrected chi connectivity index (χ2v) is 10.9. The van der Waals surface area contributed by atoms with Gasteiger partial charge in [-0.1, -0.05) is 5.04 Å². The molecule has 0 aliphatic heterocycles. The van der Waals surface area contributed by atoms with E-state index in [1.165, 1.54) is 32.2 Å². The number of carbonyl (C=O) groups is 1. The van der Waals surface area contributed by atoms with Gasteiger partial charge in [-0.25, -0.2) is 5.26 Å². The molecule has 18 heteroatoms. The van der Waals surface area contributed by atoms with Crippen LogP contribution in [0.15, 0.2) is 61.3 Å². The SMILES string of the molecule is CNc1cc(NC(C)=O)c(N=Nc2cc3c(S(=O)(=O)O)cc(SOOO)cc3cc2S(=O)(=O)O)cc1OC. The van der Waals surface area contributed by atoms with E-state index in [2.05, 4.69) is 30.2 Å². The molecule has 0 bridgehead atoms. The summed E-state index contributed by atoms with van der Waals surface area (Å²) in [6.07, 6.45) is 0. The summed E-state index contributed by atoms with van der Waals surface area (Å²) in [4.78, 5) is 10.2. The van der Waals surface area contributed by atoms with E-state index in [0.29, 0.717) is 23.5 Å². The molecule has 0 saturated heterocycles. The predicted octanol–water partition coefficient (Wildman–Crippen LogP) is 4.19. The Morgan fingerprint density at radius 2 is 1.58 bits per heavy atom. The molecule has 1 amide bonds. The maximum atomic E-state index is 12.2. The van der Waals surface area contributed by atoms with E-state index in [1.54, 1.807) is 7.05 Å². The molecule has 0 atom stereocenters. The molecule has 0 spiro atoms. The normalized spacial score (nSPS) is 12.2. The largest absolute Gasteiger partial charge is 0.495 e. The number of nitrogens with zero attached hydrogens (tertiary/aromatic N) is 2. The highest BCUT2D eigenvalue weighted by molar-refractivity contribution is 7.94. The molecule has 3 aromatic carbocycles. The van der Waals surface area contributed by atoms with Crippen LogP contribution in [0.25, 0.3) is 10.8 Å². The number of ether oxygens (including phenoxy) is 1. The van der Waals surface area contributed by atoms with Crippen LogP contribution in [0.2, 0.25) is 0 Å². The average molecular weight is 589 g/mol. The van der Waals surface area contributed by atoms with Crippen LogP contribution in [-0.2, 0) is 34.4 Å². The topological polar surface area (TPSA) is 223 Å². The van der Waals surface area contributed by atoms with E-state index in [9.17, 15) is 30.7 Å². The van der Waals surface area contributed by atoms with Crippen LogP contribution in [-0.4, -0.2) is 51.3 Å². The van der Waals surface area contributed by atoms with Crippen molar-refractivity contribution in [2.24, 2.45) is 10.2 Å². The second kappa shape index (κ2) is 11.6. The van der Waals surface area contributed by atoms with Crippen LogP contribution < -0.4 is 15.4 Å². The Balaban J connectivity index is 2.30. The zero-order valence-electron chi connectivity index (χ0n) is 19.7. The van der Waals surface area contributed by atoms with E-state index in [1.807, 2.05) is 0 Å². The van der Waals surface area contributed by atoms with Gasteiger partial charge in [0.1, 0.15) is 26.9 Å². The highest BCUT2D eigenvalue weighted by Gasteiger charge is 2.23. The van der Waals surface area contributed by atoms with Crippen molar-refractivity contribution < 1.29 is 50.1 Å². The molecule has 15 nitrogen and oxygen atoms in total. The van der Waals surface area contributed by atoms with Crippen molar-refractivity contribution in [3.05, 3.63) is 36.4 Å².